The summed E-state index contributed by atoms with van der Waals surface area (Å²) in [6, 6.07) is 7.56. The number of aryl methyl sites for hydroxylation is 1. The number of unbranched alkanes of at least 4 members (excludes halogenated alkanes) is 1. The van der Waals surface area contributed by atoms with Gasteiger partial charge in [0.05, 0.1) is 11.2 Å². The molecule has 0 unspecified atom stereocenters. The standard InChI is InChI=1S/C16H18N2O3/c1-11-8-9-13(12-5-4-10-17-16(11)12)18-14(19)6-2-3-7-15(20)21/h4-5,8-10H,2-3,6-7H2,1H3,(H,18,19)(H,20,21). The Morgan fingerprint density at radius 1 is 1.19 bits per heavy atom. The Bertz CT molecular complexity index is 668. The smallest absolute Gasteiger partial charge is 0.303 e. The zero-order valence-electron chi connectivity index (χ0n) is 11.9. The summed E-state index contributed by atoms with van der Waals surface area (Å²) < 4.78 is 0. The lowest BCUT2D eigenvalue weighted by molar-refractivity contribution is -0.137. The van der Waals surface area contributed by atoms with Gasteiger partial charge in [-0.3, -0.25) is 14.6 Å². The van der Waals surface area contributed by atoms with Crippen molar-refractivity contribution in [3.8, 4) is 0 Å². The molecule has 21 heavy (non-hydrogen) atoms. The molecule has 0 saturated heterocycles. The second kappa shape index (κ2) is 6.83. The van der Waals surface area contributed by atoms with Crippen molar-refractivity contribution in [1.82, 2.24) is 4.98 Å². The number of rotatable bonds is 6. The number of benzene rings is 1. The number of carbonyl (C=O) groups excluding carboxylic acids is 1. The highest BCUT2D eigenvalue weighted by Gasteiger charge is 2.08. The van der Waals surface area contributed by atoms with Crippen LogP contribution in [0, 0.1) is 6.92 Å². The number of nitrogens with one attached hydrogen (secondary N) is 1. The third kappa shape index (κ3) is 4.02. The zero-order chi connectivity index (χ0) is 15.2. The fourth-order valence-electron chi connectivity index (χ4n) is 2.20. The van der Waals surface area contributed by atoms with Crippen LogP contribution >= 0.6 is 0 Å². The van der Waals surface area contributed by atoms with E-state index < -0.39 is 5.97 Å². The van der Waals surface area contributed by atoms with Crippen LogP contribution in [-0.2, 0) is 9.59 Å². The highest BCUT2D eigenvalue weighted by Crippen LogP contribution is 2.24. The molecule has 0 atom stereocenters. The number of carboxylic acids is 1. The van der Waals surface area contributed by atoms with Crippen molar-refractivity contribution in [1.29, 1.82) is 0 Å². The summed E-state index contributed by atoms with van der Waals surface area (Å²) in [5, 5.41) is 12.3. The molecule has 0 aliphatic carbocycles. The molecule has 1 aromatic carbocycles. The van der Waals surface area contributed by atoms with Gasteiger partial charge in [0.1, 0.15) is 0 Å². The molecule has 0 radical (unpaired) electrons. The number of nitrogens with zero attached hydrogens (tertiary/aromatic N) is 1. The molecule has 0 fully saturated rings. The maximum atomic E-state index is 11.9. The molecule has 2 N–H and O–H groups in total. The number of carboxylic acid groups (broad SMARTS) is 1. The van der Waals surface area contributed by atoms with Crippen molar-refractivity contribution < 1.29 is 14.7 Å². The number of carbonyl (C=O) groups is 2. The predicted octanol–water partition coefficient (Wildman–Crippen LogP) is 3.13. The third-order valence-corrected chi connectivity index (χ3v) is 3.29. The van der Waals surface area contributed by atoms with E-state index in [0.29, 0.717) is 19.3 Å². The molecule has 0 aliphatic rings. The van der Waals surface area contributed by atoms with Crippen molar-refractivity contribution >= 4 is 28.5 Å². The van der Waals surface area contributed by atoms with Crippen molar-refractivity contribution in [2.45, 2.75) is 32.6 Å². The zero-order valence-corrected chi connectivity index (χ0v) is 11.9. The van der Waals surface area contributed by atoms with Gasteiger partial charge in [-0.1, -0.05) is 6.07 Å². The summed E-state index contributed by atoms with van der Waals surface area (Å²) in [6.07, 6.45) is 3.24. The molecule has 2 aromatic rings. The van der Waals surface area contributed by atoms with Crippen molar-refractivity contribution in [3.05, 3.63) is 36.0 Å². The Morgan fingerprint density at radius 3 is 2.71 bits per heavy atom. The molecule has 1 aromatic heterocycles. The lowest BCUT2D eigenvalue weighted by atomic mass is 10.1. The van der Waals surface area contributed by atoms with E-state index in [-0.39, 0.29) is 12.3 Å². The van der Waals surface area contributed by atoms with Gasteiger partial charge >= 0.3 is 5.97 Å². The SMILES string of the molecule is Cc1ccc(NC(=O)CCCCC(=O)O)c2cccnc12. The molecule has 0 aliphatic heterocycles. The Labute approximate surface area is 123 Å². The number of pyridine rings is 1. The van der Waals surface area contributed by atoms with Crippen molar-refractivity contribution in [2.24, 2.45) is 0 Å². The number of aromatic nitrogens is 1. The Kier molecular flexibility index (Phi) is 4.87. The summed E-state index contributed by atoms with van der Waals surface area (Å²) in [4.78, 5) is 26.6. The second-order valence-corrected chi connectivity index (χ2v) is 4.98. The summed E-state index contributed by atoms with van der Waals surface area (Å²) in [6.45, 7) is 1.98. The van der Waals surface area contributed by atoms with Crippen molar-refractivity contribution in [2.75, 3.05) is 5.32 Å². The summed E-state index contributed by atoms with van der Waals surface area (Å²) in [7, 11) is 0. The maximum absolute atomic E-state index is 11.9. The lowest BCUT2D eigenvalue weighted by Gasteiger charge is -2.09. The summed E-state index contributed by atoms with van der Waals surface area (Å²) in [5.41, 5.74) is 2.68. The number of amides is 1. The second-order valence-electron chi connectivity index (χ2n) is 4.98. The molecular weight excluding hydrogens is 268 g/mol. The molecular formula is C16H18N2O3. The summed E-state index contributed by atoms with van der Waals surface area (Å²) >= 11 is 0. The monoisotopic (exact) mass is 286 g/mol. The van der Waals surface area contributed by atoms with Crippen LogP contribution < -0.4 is 5.32 Å². The van der Waals surface area contributed by atoms with E-state index in [1.54, 1.807) is 6.20 Å². The molecule has 1 heterocycles. The topological polar surface area (TPSA) is 79.3 Å². The molecule has 0 bridgehead atoms. The first-order valence-electron chi connectivity index (χ1n) is 6.94. The number of aliphatic carboxylic acids is 1. The van der Waals surface area contributed by atoms with Crippen LogP contribution in [0.5, 0.6) is 0 Å². The molecule has 0 saturated carbocycles. The Hall–Kier alpha value is -2.43. The van der Waals surface area contributed by atoms with Gasteiger partial charge in [-0.05, 0) is 43.5 Å². The van der Waals surface area contributed by atoms with Crippen LogP contribution in [0.1, 0.15) is 31.2 Å². The first-order valence-corrected chi connectivity index (χ1v) is 6.94. The van der Waals surface area contributed by atoms with Gasteiger partial charge in [-0.15, -0.1) is 0 Å². The van der Waals surface area contributed by atoms with Gasteiger partial charge in [0, 0.05) is 24.4 Å². The largest absolute Gasteiger partial charge is 0.481 e. The van der Waals surface area contributed by atoms with E-state index >= 15 is 0 Å². The molecule has 5 nitrogen and oxygen atoms in total. The van der Waals surface area contributed by atoms with E-state index in [0.717, 1.165) is 22.2 Å². The van der Waals surface area contributed by atoms with Crippen LogP contribution in [-0.4, -0.2) is 22.0 Å². The van der Waals surface area contributed by atoms with Gasteiger partial charge in [0.2, 0.25) is 5.91 Å². The average molecular weight is 286 g/mol. The molecule has 0 spiro atoms. The third-order valence-electron chi connectivity index (χ3n) is 3.29. The highest BCUT2D eigenvalue weighted by molar-refractivity contribution is 6.01. The maximum Gasteiger partial charge on any atom is 0.303 e. The normalized spacial score (nSPS) is 10.5. The minimum atomic E-state index is -0.828. The van der Waals surface area contributed by atoms with Gasteiger partial charge in [-0.25, -0.2) is 0 Å². The van der Waals surface area contributed by atoms with E-state index in [1.165, 1.54) is 0 Å². The molecule has 2 rings (SSSR count). The Morgan fingerprint density at radius 2 is 1.95 bits per heavy atom. The Balaban J connectivity index is 2.01. The number of hydrogen-bond donors (Lipinski definition) is 2. The average Bonchev–Trinajstić information content (AvgIpc) is 2.47. The molecule has 5 heteroatoms. The van der Waals surface area contributed by atoms with Crippen LogP contribution in [0.15, 0.2) is 30.5 Å². The first kappa shape index (κ1) is 15.0. The van der Waals surface area contributed by atoms with E-state index in [2.05, 4.69) is 10.3 Å². The molecule has 110 valence electrons. The lowest BCUT2D eigenvalue weighted by Crippen LogP contribution is -2.11. The van der Waals surface area contributed by atoms with Crippen LogP contribution in [0.2, 0.25) is 0 Å². The van der Waals surface area contributed by atoms with Crippen molar-refractivity contribution in [3.63, 3.8) is 0 Å². The van der Waals surface area contributed by atoms with Gasteiger partial charge < -0.3 is 10.4 Å². The number of fused-ring (bicyclic) bond motifs is 1. The predicted molar refractivity (Wildman–Crippen MR) is 81.2 cm³/mol. The van der Waals surface area contributed by atoms with E-state index in [9.17, 15) is 9.59 Å². The molecule has 1 amide bonds. The van der Waals surface area contributed by atoms with E-state index in [4.69, 9.17) is 5.11 Å². The van der Waals surface area contributed by atoms with E-state index in [1.807, 2.05) is 31.2 Å². The summed E-state index contributed by atoms with van der Waals surface area (Å²) in [5.74, 6) is -0.930. The minimum absolute atomic E-state index is 0.102. The quantitative estimate of drug-likeness (QED) is 0.800. The first-order chi connectivity index (χ1) is 10.1. The van der Waals surface area contributed by atoms with Crippen LogP contribution in [0.25, 0.3) is 10.9 Å². The van der Waals surface area contributed by atoms with Gasteiger partial charge in [0.15, 0.2) is 0 Å². The fraction of sp³-hybridized carbons (Fsp3) is 0.312. The fourth-order valence-corrected chi connectivity index (χ4v) is 2.20. The van der Waals surface area contributed by atoms with Gasteiger partial charge in [0.25, 0.3) is 0 Å². The van der Waals surface area contributed by atoms with Gasteiger partial charge in [-0.2, -0.15) is 0 Å². The minimum Gasteiger partial charge on any atom is -0.481 e. The van der Waals surface area contributed by atoms with Crippen LogP contribution in [0.3, 0.4) is 0 Å². The highest BCUT2D eigenvalue weighted by atomic mass is 16.4. The number of anilines is 1. The number of hydrogen-bond acceptors (Lipinski definition) is 3. The van der Waals surface area contributed by atoms with Crippen LogP contribution in [0.4, 0.5) is 5.69 Å².